The summed E-state index contributed by atoms with van der Waals surface area (Å²) in [6, 6.07) is 0.338. The van der Waals surface area contributed by atoms with Crippen LogP contribution in [0.1, 0.15) is 32.6 Å². The van der Waals surface area contributed by atoms with Gasteiger partial charge in [0.2, 0.25) is 0 Å². The van der Waals surface area contributed by atoms with Crippen LogP contribution in [0.3, 0.4) is 0 Å². The zero-order valence-electron chi connectivity index (χ0n) is 9.19. The Labute approximate surface area is 90.2 Å². The molecular formula is C11H19NO3. The van der Waals surface area contributed by atoms with Gasteiger partial charge in [-0.15, -0.1) is 0 Å². The Hall–Kier alpha value is -0.770. The molecule has 1 unspecified atom stereocenters. The molecule has 2 fully saturated rings. The highest BCUT2D eigenvalue weighted by atomic mass is 16.6. The average molecular weight is 213 g/mol. The normalized spacial score (nSPS) is 36.8. The van der Waals surface area contributed by atoms with Gasteiger partial charge in [0.15, 0.2) is 0 Å². The molecular weight excluding hydrogens is 194 g/mol. The van der Waals surface area contributed by atoms with Crippen molar-refractivity contribution >= 4 is 6.09 Å². The standard InChI is InChI=1S/C11H19NO3/c1-8-2-4-9(5-3-8)12-6-10(7-13)15-11(12)14/h8-10,13H,2-7H2,1H3. The molecule has 1 heterocycles. The molecule has 1 aliphatic carbocycles. The lowest BCUT2D eigenvalue weighted by Crippen LogP contribution is -2.39. The molecule has 0 aromatic carbocycles. The van der Waals surface area contributed by atoms with Crippen LogP contribution < -0.4 is 0 Å². The number of aliphatic hydroxyl groups excluding tert-OH is 1. The van der Waals surface area contributed by atoms with Crippen molar-refractivity contribution in [3.05, 3.63) is 0 Å². The van der Waals surface area contributed by atoms with Gasteiger partial charge in [-0.25, -0.2) is 4.79 Å². The first-order valence-electron chi connectivity index (χ1n) is 5.79. The maximum Gasteiger partial charge on any atom is 0.410 e. The number of hydrogen-bond acceptors (Lipinski definition) is 3. The van der Waals surface area contributed by atoms with Gasteiger partial charge in [-0.2, -0.15) is 0 Å². The highest BCUT2D eigenvalue weighted by molar-refractivity contribution is 5.70. The molecule has 15 heavy (non-hydrogen) atoms. The Morgan fingerprint density at radius 3 is 2.60 bits per heavy atom. The smallest absolute Gasteiger partial charge is 0.410 e. The van der Waals surface area contributed by atoms with E-state index < -0.39 is 0 Å². The molecule has 1 atom stereocenters. The van der Waals surface area contributed by atoms with E-state index in [1.165, 1.54) is 12.8 Å². The molecule has 0 bridgehead atoms. The van der Waals surface area contributed by atoms with E-state index in [1.54, 1.807) is 4.90 Å². The van der Waals surface area contributed by atoms with Crippen LogP contribution in [-0.4, -0.2) is 41.4 Å². The molecule has 0 aromatic heterocycles. The molecule has 4 nitrogen and oxygen atoms in total. The zero-order chi connectivity index (χ0) is 10.8. The summed E-state index contributed by atoms with van der Waals surface area (Å²) in [5.41, 5.74) is 0. The van der Waals surface area contributed by atoms with Crippen molar-refractivity contribution in [2.24, 2.45) is 5.92 Å². The second kappa shape index (κ2) is 4.39. The number of nitrogens with zero attached hydrogens (tertiary/aromatic N) is 1. The maximum absolute atomic E-state index is 11.5. The van der Waals surface area contributed by atoms with Crippen molar-refractivity contribution in [2.45, 2.75) is 44.8 Å². The highest BCUT2D eigenvalue weighted by Gasteiger charge is 2.36. The monoisotopic (exact) mass is 213 g/mol. The number of rotatable bonds is 2. The van der Waals surface area contributed by atoms with Crippen LogP contribution in [-0.2, 0) is 4.74 Å². The third-order valence-corrected chi connectivity index (χ3v) is 3.53. The highest BCUT2D eigenvalue weighted by Crippen LogP contribution is 2.29. The fraction of sp³-hybridized carbons (Fsp3) is 0.909. The number of ether oxygens (including phenoxy) is 1. The molecule has 2 aliphatic rings. The summed E-state index contributed by atoms with van der Waals surface area (Å²) in [5.74, 6) is 0.786. The first kappa shape index (κ1) is 10.7. The van der Waals surface area contributed by atoms with E-state index in [4.69, 9.17) is 9.84 Å². The minimum absolute atomic E-state index is 0.0641. The van der Waals surface area contributed by atoms with Gasteiger partial charge in [0.05, 0.1) is 13.2 Å². The summed E-state index contributed by atoms with van der Waals surface area (Å²) in [7, 11) is 0. The van der Waals surface area contributed by atoms with E-state index in [-0.39, 0.29) is 18.8 Å². The number of carbonyl (C=O) groups is 1. The number of amides is 1. The molecule has 1 aliphatic heterocycles. The van der Waals surface area contributed by atoms with Gasteiger partial charge in [-0.3, -0.25) is 0 Å². The molecule has 86 valence electrons. The number of hydrogen-bond donors (Lipinski definition) is 1. The Morgan fingerprint density at radius 1 is 1.40 bits per heavy atom. The second-order valence-electron chi connectivity index (χ2n) is 4.75. The van der Waals surface area contributed by atoms with Crippen molar-refractivity contribution in [3.8, 4) is 0 Å². The lowest BCUT2D eigenvalue weighted by molar-refractivity contribution is 0.0930. The van der Waals surface area contributed by atoms with Crippen molar-refractivity contribution in [1.29, 1.82) is 0 Å². The largest absolute Gasteiger partial charge is 0.442 e. The molecule has 0 aromatic rings. The quantitative estimate of drug-likeness (QED) is 0.754. The number of cyclic esters (lactones) is 1. The van der Waals surface area contributed by atoms with Gasteiger partial charge in [0.1, 0.15) is 6.10 Å². The maximum atomic E-state index is 11.5. The predicted octanol–water partition coefficient (Wildman–Crippen LogP) is 1.38. The Bertz CT molecular complexity index is 236. The predicted molar refractivity (Wildman–Crippen MR) is 55.5 cm³/mol. The SMILES string of the molecule is CC1CCC(N2CC(CO)OC2=O)CC1. The van der Waals surface area contributed by atoms with E-state index in [0.29, 0.717) is 12.6 Å². The summed E-state index contributed by atoms with van der Waals surface area (Å²) in [6.45, 7) is 2.76. The Kier molecular flexibility index (Phi) is 3.14. The van der Waals surface area contributed by atoms with Crippen molar-refractivity contribution < 1.29 is 14.6 Å². The first-order valence-corrected chi connectivity index (χ1v) is 5.79. The summed E-state index contributed by atoms with van der Waals surface area (Å²) in [4.78, 5) is 13.3. The first-order chi connectivity index (χ1) is 7.20. The van der Waals surface area contributed by atoms with Crippen LogP contribution >= 0.6 is 0 Å². The fourth-order valence-electron chi connectivity index (χ4n) is 2.49. The average Bonchev–Trinajstić information content (AvgIpc) is 2.61. The van der Waals surface area contributed by atoms with E-state index in [0.717, 1.165) is 18.8 Å². The zero-order valence-corrected chi connectivity index (χ0v) is 9.19. The van der Waals surface area contributed by atoms with Gasteiger partial charge in [0.25, 0.3) is 0 Å². The van der Waals surface area contributed by atoms with Gasteiger partial charge in [-0.05, 0) is 31.6 Å². The van der Waals surface area contributed by atoms with E-state index in [2.05, 4.69) is 6.92 Å². The van der Waals surface area contributed by atoms with Gasteiger partial charge in [0, 0.05) is 6.04 Å². The van der Waals surface area contributed by atoms with Crippen LogP contribution in [0.2, 0.25) is 0 Å². The van der Waals surface area contributed by atoms with E-state index >= 15 is 0 Å². The Morgan fingerprint density at radius 2 is 2.07 bits per heavy atom. The molecule has 2 rings (SSSR count). The van der Waals surface area contributed by atoms with Crippen molar-refractivity contribution in [1.82, 2.24) is 4.90 Å². The van der Waals surface area contributed by atoms with Crippen LogP contribution in [0.5, 0.6) is 0 Å². The van der Waals surface area contributed by atoms with Crippen LogP contribution in [0, 0.1) is 5.92 Å². The minimum atomic E-state index is -0.308. The van der Waals surface area contributed by atoms with Crippen LogP contribution in [0.15, 0.2) is 0 Å². The van der Waals surface area contributed by atoms with E-state index in [9.17, 15) is 4.79 Å². The molecule has 1 amide bonds. The molecule has 0 spiro atoms. The summed E-state index contributed by atoms with van der Waals surface area (Å²) >= 11 is 0. The number of carbonyl (C=O) groups excluding carboxylic acids is 1. The second-order valence-corrected chi connectivity index (χ2v) is 4.75. The molecule has 1 N–H and O–H groups in total. The molecule has 4 heteroatoms. The molecule has 1 saturated carbocycles. The summed E-state index contributed by atoms with van der Waals surface area (Å²) < 4.78 is 5.04. The third-order valence-electron chi connectivity index (χ3n) is 3.53. The summed E-state index contributed by atoms with van der Waals surface area (Å²) in [6.07, 6.45) is 3.99. The topological polar surface area (TPSA) is 49.8 Å². The Balaban J connectivity index is 1.91. The fourth-order valence-corrected chi connectivity index (χ4v) is 2.49. The van der Waals surface area contributed by atoms with Gasteiger partial charge >= 0.3 is 6.09 Å². The lowest BCUT2D eigenvalue weighted by atomic mass is 9.87. The molecule has 1 saturated heterocycles. The molecule has 0 radical (unpaired) electrons. The number of aliphatic hydroxyl groups is 1. The lowest BCUT2D eigenvalue weighted by Gasteiger charge is -2.31. The van der Waals surface area contributed by atoms with Crippen LogP contribution in [0.4, 0.5) is 4.79 Å². The van der Waals surface area contributed by atoms with Gasteiger partial charge in [-0.1, -0.05) is 6.92 Å². The van der Waals surface area contributed by atoms with Crippen molar-refractivity contribution in [3.63, 3.8) is 0 Å². The minimum Gasteiger partial charge on any atom is -0.442 e. The van der Waals surface area contributed by atoms with E-state index in [1.807, 2.05) is 0 Å². The van der Waals surface area contributed by atoms with Crippen molar-refractivity contribution in [2.75, 3.05) is 13.2 Å². The van der Waals surface area contributed by atoms with Gasteiger partial charge < -0.3 is 14.7 Å². The van der Waals surface area contributed by atoms with Crippen LogP contribution in [0.25, 0.3) is 0 Å². The summed E-state index contributed by atoms with van der Waals surface area (Å²) in [5, 5.41) is 8.94. The third kappa shape index (κ3) is 2.25.